The maximum atomic E-state index is 13.8. The van der Waals surface area contributed by atoms with Gasteiger partial charge in [0.05, 0.1) is 21.3 Å². The molecule has 1 fully saturated rings. The van der Waals surface area contributed by atoms with E-state index in [2.05, 4.69) is 10.6 Å². The number of aromatic nitrogens is 1. The number of carbonyl (C=O) groups is 3. The Morgan fingerprint density at radius 2 is 1.79 bits per heavy atom. The number of thiophene rings is 1. The van der Waals surface area contributed by atoms with Crippen molar-refractivity contribution in [2.24, 2.45) is 0 Å². The van der Waals surface area contributed by atoms with Crippen molar-refractivity contribution in [3.05, 3.63) is 103 Å². The third-order valence-corrected chi connectivity index (χ3v) is 10.0. The van der Waals surface area contributed by atoms with E-state index < -0.39 is 11.8 Å². The highest BCUT2D eigenvalue weighted by atomic mass is 35.5. The lowest BCUT2D eigenvalue weighted by atomic mass is 9.95. The summed E-state index contributed by atoms with van der Waals surface area (Å²) in [4.78, 5) is 42.9. The molecule has 0 saturated carbocycles. The minimum absolute atomic E-state index is 0.0833. The van der Waals surface area contributed by atoms with Crippen molar-refractivity contribution in [1.82, 2.24) is 9.88 Å². The fourth-order valence-electron chi connectivity index (χ4n) is 5.60. The fraction of sp³-hybridized carbons (Fsp3) is 0.188. The quantitative estimate of drug-likeness (QED) is 0.134. The number of nitrogens with zero attached hydrogens (tertiary/aromatic N) is 2. The van der Waals surface area contributed by atoms with Crippen molar-refractivity contribution < 1.29 is 14.4 Å². The summed E-state index contributed by atoms with van der Waals surface area (Å²) in [6.45, 7) is 3.86. The molecule has 3 heterocycles. The second kappa shape index (κ2) is 11.7. The zero-order chi connectivity index (χ0) is 30.4. The number of fused-ring (bicyclic) bond motifs is 1. The Bertz CT molecular complexity index is 1860. The van der Waals surface area contributed by atoms with Gasteiger partial charge < -0.3 is 9.88 Å². The fourth-order valence-corrected chi connectivity index (χ4v) is 7.75. The number of thiocarbonyl (C=S) groups is 1. The molecule has 2 aliphatic rings. The molecule has 1 saturated heterocycles. The number of amides is 3. The van der Waals surface area contributed by atoms with E-state index in [9.17, 15) is 14.4 Å². The molecular weight excluding hydrogens is 623 g/mol. The van der Waals surface area contributed by atoms with E-state index >= 15 is 0 Å². The van der Waals surface area contributed by atoms with Gasteiger partial charge in [0.2, 0.25) is 0 Å². The Morgan fingerprint density at radius 1 is 1.05 bits per heavy atom. The van der Waals surface area contributed by atoms with E-state index in [1.807, 2.05) is 54.8 Å². The molecule has 0 bridgehead atoms. The summed E-state index contributed by atoms with van der Waals surface area (Å²) in [6, 6.07) is 16.2. The lowest BCUT2D eigenvalue weighted by molar-refractivity contribution is -0.122. The summed E-state index contributed by atoms with van der Waals surface area (Å²) < 4.78 is 2.04. The lowest BCUT2D eigenvalue weighted by Gasteiger charge is -2.29. The predicted molar refractivity (Wildman–Crippen MR) is 177 cm³/mol. The molecule has 4 aromatic rings. The molecule has 43 heavy (non-hydrogen) atoms. The first-order valence-corrected chi connectivity index (χ1v) is 15.7. The number of aryl methyl sites for hydroxylation is 2. The SMILES string of the molecule is Cc1cc(/C=C2\C(=O)NC(=S)N(c3cccc(Cl)c3Cl)C2=O)c(C)n1-c1sc2c(c1C(=O)Nc1ccccc1)CCCC2. The average Bonchev–Trinajstić information content (AvgIpc) is 3.49. The molecule has 2 aromatic carbocycles. The summed E-state index contributed by atoms with van der Waals surface area (Å²) in [5.74, 6) is -1.38. The van der Waals surface area contributed by atoms with Gasteiger partial charge in [0.15, 0.2) is 5.11 Å². The van der Waals surface area contributed by atoms with Gasteiger partial charge >= 0.3 is 0 Å². The highest BCUT2D eigenvalue weighted by Crippen LogP contribution is 2.40. The number of rotatable bonds is 5. The first-order valence-electron chi connectivity index (χ1n) is 13.7. The van der Waals surface area contributed by atoms with Gasteiger partial charge in [0.1, 0.15) is 10.6 Å². The van der Waals surface area contributed by atoms with Crippen LogP contribution in [0.25, 0.3) is 11.1 Å². The summed E-state index contributed by atoms with van der Waals surface area (Å²) in [7, 11) is 0. The van der Waals surface area contributed by atoms with Crippen LogP contribution in [0.1, 0.15) is 50.6 Å². The Kier molecular flexibility index (Phi) is 8.00. The van der Waals surface area contributed by atoms with Gasteiger partial charge in [-0.2, -0.15) is 0 Å². The van der Waals surface area contributed by atoms with Crippen LogP contribution < -0.4 is 15.5 Å². The van der Waals surface area contributed by atoms with Crippen molar-refractivity contribution in [2.45, 2.75) is 39.5 Å². The van der Waals surface area contributed by atoms with Crippen LogP contribution in [0, 0.1) is 13.8 Å². The van der Waals surface area contributed by atoms with E-state index in [0.717, 1.165) is 53.3 Å². The molecule has 2 aromatic heterocycles. The zero-order valence-corrected chi connectivity index (χ0v) is 26.4. The number of hydrogen-bond acceptors (Lipinski definition) is 5. The topological polar surface area (TPSA) is 83.4 Å². The molecule has 0 spiro atoms. The van der Waals surface area contributed by atoms with E-state index in [-0.39, 0.29) is 32.3 Å². The second-order valence-electron chi connectivity index (χ2n) is 10.4. The summed E-state index contributed by atoms with van der Waals surface area (Å²) in [5, 5.41) is 6.81. The molecule has 1 aliphatic heterocycles. The van der Waals surface area contributed by atoms with Crippen molar-refractivity contribution >= 4 is 87.0 Å². The highest BCUT2D eigenvalue weighted by molar-refractivity contribution is 7.80. The molecule has 6 rings (SSSR count). The third kappa shape index (κ3) is 5.31. The molecule has 1 aliphatic carbocycles. The summed E-state index contributed by atoms with van der Waals surface area (Å²) in [6.07, 6.45) is 5.44. The number of carbonyl (C=O) groups excluding carboxylic acids is 3. The van der Waals surface area contributed by atoms with E-state index in [1.54, 1.807) is 35.6 Å². The lowest BCUT2D eigenvalue weighted by Crippen LogP contribution is -2.54. The largest absolute Gasteiger partial charge is 0.322 e. The number of anilines is 2. The number of para-hydroxylation sites is 1. The van der Waals surface area contributed by atoms with Crippen LogP contribution >= 0.6 is 46.8 Å². The normalized spacial score (nSPS) is 16.0. The van der Waals surface area contributed by atoms with Gasteiger partial charge in [-0.15, -0.1) is 11.3 Å². The van der Waals surface area contributed by atoms with E-state index in [1.165, 1.54) is 9.78 Å². The molecule has 11 heteroatoms. The highest BCUT2D eigenvalue weighted by Gasteiger charge is 2.36. The molecule has 7 nitrogen and oxygen atoms in total. The minimum atomic E-state index is -0.614. The van der Waals surface area contributed by atoms with Gasteiger partial charge in [0.25, 0.3) is 17.7 Å². The van der Waals surface area contributed by atoms with Crippen LogP contribution in [0.5, 0.6) is 0 Å². The van der Waals surface area contributed by atoms with Gasteiger partial charge in [-0.1, -0.05) is 47.5 Å². The standard InChI is InChI=1S/C32H26Cl2N4O3S2/c1-17-15-19(16-22-28(39)36-32(42)38(30(22)41)24-13-8-12-23(33)27(24)34)18(2)37(17)31-26(21-11-6-7-14-25(21)43-31)29(40)35-20-9-4-3-5-10-20/h3-5,8-10,12-13,15-16H,6-7,11,14H2,1-2H3,(H,35,40)(H,36,39,42)/b22-16+. The maximum absolute atomic E-state index is 13.8. The van der Waals surface area contributed by atoms with Crippen LogP contribution in [0.15, 0.2) is 60.2 Å². The molecule has 0 atom stereocenters. The van der Waals surface area contributed by atoms with Crippen molar-refractivity contribution in [3.63, 3.8) is 0 Å². The Morgan fingerprint density at radius 3 is 2.56 bits per heavy atom. The van der Waals surface area contributed by atoms with Gasteiger partial charge in [-0.05, 0) is 99.3 Å². The maximum Gasteiger partial charge on any atom is 0.270 e. The molecule has 0 radical (unpaired) electrons. The minimum Gasteiger partial charge on any atom is -0.322 e. The van der Waals surface area contributed by atoms with E-state index in [4.69, 9.17) is 35.4 Å². The van der Waals surface area contributed by atoms with Gasteiger partial charge in [-0.3, -0.25) is 24.6 Å². The van der Waals surface area contributed by atoms with Crippen molar-refractivity contribution in [3.8, 4) is 5.00 Å². The third-order valence-electron chi connectivity index (χ3n) is 7.66. The molecule has 218 valence electrons. The number of nitrogens with one attached hydrogen (secondary N) is 2. The summed E-state index contributed by atoms with van der Waals surface area (Å²) in [5.41, 5.74) is 4.99. The first-order chi connectivity index (χ1) is 20.7. The van der Waals surface area contributed by atoms with Crippen LogP contribution in [0.2, 0.25) is 10.0 Å². The Labute approximate surface area is 268 Å². The monoisotopic (exact) mass is 648 g/mol. The van der Waals surface area contributed by atoms with Crippen LogP contribution in [-0.4, -0.2) is 27.4 Å². The second-order valence-corrected chi connectivity index (χ2v) is 12.7. The van der Waals surface area contributed by atoms with Crippen molar-refractivity contribution in [2.75, 3.05) is 10.2 Å². The van der Waals surface area contributed by atoms with Crippen molar-refractivity contribution in [1.29, 1.82) is 0 Å². The molecular formula is C32H26Cl2N4O3S2. The van der Waals surface area contributed by atoms with E-state index in [0.29, 0.717) is 11.1 Å². The summed E-state index contributed by atoms with van der Waals surface area (Å²) >= 11 is 19.6. The van der Waals surface area contributed by atoms with Crippen LogP contribution in [-0.2, 0) is 22.4 Å². The van der Waals surface area contributed by atoms with Gasteiger partial charge in [0, 0.05) is 22.0 Å². The van der Waals surface area contributed by atoms with Crippen LogP contribution in [0.4, 0.5) is 11.4 Å². The molecule has 0 unspecified atom stereocenters. The average molecular weight is 650 g/mol. The Balaban J connectivity index is 1.42. The zero-order valence-electron chi connectivity index (χ0n) is 23.3. The number of halogens is 2. The Hall–Kier alpha value is -3.76. The number of benzene rings is 2. The molecule has 3 amide bonds. The molecule has 2 N–H and O–H groups in total. The first kappa shape index (κ1) is 29.3. The number of hydrogen-bond donors (Lipinski definition) is 2. The van der Waals surface area contributed by atoms with Crippen LogP contribution in [0.3, 0.4) is 0 Å². The predicted octanol–water partition coefficient (Wildman–Crippen LogP) is 7.42. The van der Waals surface area contributed by atoms with Gasteiger partial charge in [-0.25, -0.2) is 0 Å². The smallest absolute Gasteiger partial charge is 0.270 e.